The van der Waals surface area contributed by atoms with E-state index in [0.717, 1.165) is 17.7 Å². The monoisotopic (exact) mass is 237 g/mol. The molecule has 1 aromatic carbocycles. The first-order chi connectivity index (χ1) is 7.84. The molecule has 0 saturated heterocycles. The van der Waals surface area contributed by atoms with Crippen molar-refractivity contribution in [2.45, 2.75) is 25.7 Å². The van der Waals surface area contributed by atoms with Gasteiger partial charge in [-0.05, 0) is 35.6 Å². The molecule has 1 unspecified atom stereocenters. The summed E-state index contributed by atoms with van der Waals surface area (Å²) in [6.45, 7) is 4.31. The van der Waals surface area contributed by atoms with Crippen LogP contribution in [-0.2, 0) is 5.41 Å². The maximum atomic E-state index is 13.5. The molecular formula is C14H20FNO. The van der Waals surface area contributed by atoms with Crippen molar-refractivity contribution in [1.82, 2.24) is 0 Å². The normalized spacial score (nSPS) is 25.8. The van der Waals surface area contributed by atoms with Gasteiger partial charge in [0.15, 0.2) is 0 Å². The van der Waals surface area contributed by atoms with Crippen LogP contribution in [0.3, 0.4) is 0 Å². The molecule has 1 saturated carbocycles. The number of benzene rings is 1. The van der Waals surface area contributed by atoms with Gasteiger partial charge in [-0.25, -0.2) is 4.39 Å². The average molecular weight is 237 g/mol. The van der Waals surface area contributed by atoms with E-state index in [0.29, 0.717) is 0 Å². The van der Waals surface area contributed by atoms with Crippen LogP contribution >= 0.6 is 0 Å². The molecular weight excluding hydrogens is 217 g/mol. The van der Waals surface area contributed by atoms with E-state index < -0.39 is 0 Å². The van der Waals surface area contributed by atoms with Crippen molar-refractivity contribution in [3.63, 3.8) is 0 Å². The number of hydrogen-bond donors (Lipinski definition) is 1. The number of hydrogen-bond acceptors (Lipinski definition) is 2. The third-order valence-electron chi connectivity index (χ3n) is 4.14. The topological polar surface area (TPSA) is 23.5 Å². The predicted molar refractivity (Wildman–Crippen MR) is 67.9 cm³/mol. The molecule has 1 atom stereocenters. The molecule has 94 valence electrons. The standard InChI is InChI=1S/C14H20FNO/c1-13(2)8-14(13,9-17)11-7-10(15)5-6-12(11)16(3)4/h5-7,17H,8-9H2,1-4H3. The predicted octanol–water partition coefficient (Wildman–Crippen LogP) is 2.55. The van der Waals surface area contributed by atoms with E-state index in [1.54, 1.807) is 12.1 Å². The van der Waals surface area contributed by atoms with Crippen LogP contribution in [0.1, 0.15) is 25.8 Å². The molecule has 1 aromatic rings. The van der Waals surface area contributed by atoms with E-state index in [4.69, 9.17) is 0 Å². The van der Waals surface area contributed by atoms with Gasteiger partial charge in [0.25, 0.3) is 0 Å². The van der Waals surface area contributed by atoms with Crippen LogP contribution in [0.2, 0.25) is 0 Å². The van der Waals surface area contributed by atoms with Gasteiger partial charge in [-0.2, -0.15) is 0 Å². The molecule has 0 bridgehead atoms. The Hall–Kier alpha value is -1.09. The fourth-order valence-electron chi connectivity index (χ4n) is 2.81. The summed E-state index contributed by atoms with van der Waals surface area (Å²) in [6, 6.07) is 4.83. The first-order valence-electron chi connectivity index (χ1n) is 5.92. The van der Waals surface area contributed by atoms with Crippen LogP contribution in [0.5, 0.6) is 0 Å². The lowest BCUT2D eigenvalue weighted by Crippen LogP contribution is -2.23. The quantitative estimate of drug-likeness (QED) is 0.873. The van der Waals surface area contributed by atoms with E-state index in [1.807, 2.05) is 19.0 Å². The second kappa shape index (κ2) is 3.70. The molecule has 2 nitrogen and oxygen atoms in total. The second-order valence-electron chi connectivity index (χ2n) is 5.86. The Morgan fingerprint density at radius 2 is 1.94 bits per heavy atom. The fraction of sp³-hybridized carbons (Fsp3) is 0.571. The van der Waals surface area contributed by atoms with Crippen LogP contribution in [0.25, 0.3) is 0 Å². The molecule has 0 spiro atoms. The first-order valence-corrected chi connectivity index (χ1v) is 5.92. The maximum absolute atomic E-state index is 13.5. The first kappa shape index (κ1) is 12.4. The number of rotatable bonds is 3. The van der Waals surface area contributed by atoms with Crippen molar-refractivity contribution in [1.29, 1.82) is 0 Å². The molecule has 2 rings (SSSR count). The highest BCUT2D eigenvalue weighted by Crippen LogP contribution is 2.65. The van der Waals surface area contributed by atoms with Gasteiger partial charge in [0.2, 0.25) is 0 Å². The number of halogens is 1. The van der Waals surface area contributed by atoms with Gasteiger partial charge in [0.1, 0.15) is 5.82 Å². The summed E-state index contributed by atoms with van der Waals surface area (Å²) in [5.41, 5.74) is 1.68. The Bertz CT molecular complexity index is 442. The van der Waals surface area contributed by atoms with Crippen LogP contribution in [0.15, 0.2) is 18.2 Å². The summed E-state index contributed by atoms with van der Waals surface area (Å²) in [6.07, 6.45) is 0.904. The summed E-state index contributed by atoms with van der Waals surface area (Å²) in [4.78, 5) is 1.97. The molecule has 0 aliphatic heterocycles. The SMILES string of the molecule is CN(C)c1ccc(F)cc1C1(CO)CC1(C)C. The number of nitrogens with zero attached hydrogens (tertiary/aromatic N) is 1. The molecule has 1 aliphatic rings. The highest BCUT2D eigenvalue weighted by atomic mass is 19.1. The molecule has 0 radical (unpaired) electrons. The van der Waals surface area contributed by atoms with Crippen LogP contribution < -0.4 is 4.90 Å². The Morgan fingerprint density at radius 3 is 2.35 bits per heavy atom. The Morgan fingerprint density at radius 1 is 1.35 bits per heavy atom. The summed E-state index contributed by atoms with van der Waals surface area (Å²) in [5.74, 6) is -0.235. The minimum Gasteiger partial charge on any atom is -0.395 e. The number of aliphatic hydroxyl groups excluding tert-OH is 1. The van der Waals surface area contributed by atoms with Gasteiger partial charge < -0.3 is 10.0 Å². The molecule has 3 heteroatoms. The third kappa shape index (κ3) is 1.73. The molecule has 0 aromatic heterocycles. The Kier molecular flexibility index (Phi) is 2.69. The molecule has 17 heavy (non-hydrogen) atoms. The lowest BCUT2D eigenvalue weighted by atomic mass is 9.87. The minimum atomic E-state index is -0.283. The van der Waals surface area contributed by atoms with E-state index in [9.17, 15) is 9.50 Å². The van der Waals surface area contributed by atoms with E-state index >= 15 is 0 Å². The molecule has 0 heterocycles. The molecule has 1 fully saturated rings. The molecule has 1 N–H and O–H groups in total. The lowest BCUT2D eigenvalue weighted by molar-refractivity contribution is 0.231. The van der Waals surface area contributed by atoms with Crippen molar-refractivity contribution in [3.8, 4) is 0 Å². The van der Waals surface area contributed by atoms with Crippen molar-refractivity contribution in [3.05, 3.63) is 29.6 Å². The fourth-order valence-corrected chi connectivity index (χ4v) is 2.81. The van der Waals surface area contributed by atoms with Crippen molar-refractivity contribution in [2.24, 2.45) is 5.41 Å². The average Bonchev–Trinajstić information content (AvgIpc) is 2.81. The smallest absolute Gasteiger partial charge is 0.123 e. The summed E-state index contributed by atoms with van der Waals surface area (Å²) in [7, 11) is 3.88. The highest BCUT2D eigenvalue weighted by Gasteiger charge is 2.62. The van der Waals surface area contributed by atoms with Gasteiger partial charge in [-0.1, -0.05) is 13.8 Å². The van der Waals surface area contributed by atoms with Gasteiger partial charge in [0.05, 0.1) is 6.61 Å². The van der Waals surface area contributed by atoms with E-state index in [2.05, 4.69) is 13.8 Å². The van der Waals surface area contributed by atoms with Gasteiger partial charge in [-0.3, -0.25) is 0 Å². The van der Waals surface area contributed by atoms with Crippen molar-refractivity contribution >= 4 is 5.69 Å². The van der Waals surface area contributed by atoms with Gasteiger partial charge >= 0.3 is 0 Å². The van der Waals surface area contributed by atoms with Crippen molar-refractivity contribution < 1.29 is 9.50 Å². The molecule has 0 amide bonds. The Labute approximate surface area is 102 Å². The van der Waals surface area contributed by atoms with Crippen LogP contribution in [0.4, 0.5) is 10.1 Å². The minimum absolute atomic E-state index is 0.0420. The number of anilines is 1. The van der Waals surface area contributed by atoms with Gasteiger partial charge in [-0.15, -0.1) is 0 Å². The largest absolute Gasteiger partial charge is 0.395 e. The van der Waals surface area contributed by atoms with Crippen LogP contribution in [0, 0.1) is 11.2 Å². The summed E-state index contributed by atoms with van der Waals surface area (Å²) < 4.78 is 13.5. The van der Waals surface area contributed by atoms with Crippen LogP contribution in [-0.4, -0.2) is 25.8 Å². The number of aliphatic hydroxyl groups is 1. The summed E-state index contributed by atoms with van der Waals surface area (Å²) >= 11 is 0. The second-order valence-corrected chi connectivity index (χ2v) is 5.86. The zero-order valence-electron chi connectivity index (χ0n) is 10.9. The summed E-state index contributed by atoms with van der Waals surface area (Å²) in [5, 5.41) is 9.70. The maximum Gasteiger partial charge on any atom is 0.123 e. The zero-order chi connectivity index (χ0) is 12.8. The van der Waals surface area contributed by atoms with Gasteiger partial charge in [0, 0.05) is 25.2 Å². The Balaban J connectivity index is 2.55. The van der Waals surface area contributed by atoms with Crippen molar-refractivity contribution in [2.75, 3.05) is 25.6 Å². The highest BCUT2D eigenvalue weighted by molar-refractivity contribution is 5.59. The van der Waals surface area contributed by atoms with E-state index in [1.165, 1.54) is 6.07 Å². The zero-order valence-corrected chi connectivity index (χ0v) is 10.9. The molecule has 1 aliphatic carbocycles. The lowest BCUT2D eigenvalue weighted by Gasteiger charge is -2.25. The third-order valence-corrected chi connectivity index (χ3v) is 4.14. The van der Waals surface area contributed by atoms with E-state index in [-0.39, 0.29) is 23.3 Å².